The van der Waals surface area contributed by atoms with Gasteiger partial charge in [-0.15, -0.1) is 0 Å². The summed E-state index contributed by atoms with van der Waals surface area (Å²) >= 11 is 0. The van der Waals surface area contributed by atoms with Gasteiger partial charge in [0.25, 0.3) is 0 Å². The number of hydrogen-bond donors (Lipinski definition) is 2. The Hall–Kier alpha value is -0.570. The molecule has 3 atom stereocenters. The van der Waals surface area contributed by atoms with E-state index in [2.05, 4.69) is 10.6 Å². The van der Waals surface area contributed by atoms with Gasteiger partial charge in [-0.3, -0.25) is 4.79 Å². The topological polar surface area (TPSA) is 41.1 Å². The molecule has 3 heteroatoms. The lowest BCUT2D eigenvalue weighted by molar-refractivity contribution is -0.121. The molecule has 1 amide bonds. The minimum Gasteiger partial charge on any atom is -0.353 e. The summed E-state index contributed by atoms with van der Waals surface area (Å²) in [6.07, 6.45) is 9.82. The van der Waals surface area contributed by atoms with Gasteiger partial charge in [0.15, 0.2) is 0 Å². The van der Waals surface area contributed by atoms with Crippen LogP contribution in [0.25, 0.3) is 0 Å². The van der Waals surface area contributed by atoms with Crippen LogP contribution in [0.5, 0.6) is 0 Å². The molecule has 2 N–H and O–H groups in total. The second-order valence-electron chi connectivity index (χ2n) is 6.18. The maximum absolute atomic E-state index is 11.5. The van der Waals surface area contributed by atoms with Crippen molar-refractivity contribution >= 4 is 5.91 Å². The summed E-state index contributed by atoms with van der Waals surface area (Å²) in [4.78, 5) is 11.5. The van der Waals surface area contributed by atoms with E-state index in [1.807, 2.05) is 0 Å². The fraction of sp³-hybridized carbons (Fsp3) is 0.929. The molecule has 0 aromatic carbocycles. The van der Waals surface area contributed by atoms with E-state index < -0.39 is 0 Å². The number of rotatable bonds is 6. The zero-order valence-electron chi connectivity index (χ0n) is 10.6. The van der Waals surface area contributed by atoms with E-state index in [9.17, 15) is 4.79 Å². The maximum Gasteiger partial charge on any atom is 0.220 e. The van der Waals surface area contributed by atoms with Crippen molar-refractivity contribution in [2.75, 3.05) is 6.54 Å². The SMILES string of the molecule is O=C(CCCNC1CC2CCC1C2)NC1CC1. The zero-order chi connectivity index (χ0) is 11.7. The molecule has 0 aromatic rings. The molecule has 3 aliphatic carbocycles. The second-order valence-corrected chi connectivity index (χ2v) is 6.18. The Morgan fingerprint density at radius 2 is 2.00 bits per heavy atom. The minimum atomic E-state index is 0.252. The first-order valence-electron chi connectivity index (χ1n) is 7.34. The van der Waals surface area contributed by atoms with Crippen LogP contribution in [0.4, 0.5) is 0 Å². The average Bonchev–Trinajstić information content (AvgIpc) is 2.90. The summed E-state index contributed by atoms with van der Waals surface area (Å²) in [6, 6.07) is 1.28. The molecule has 0 aromatic heterocycles. The fourth-order valence-electron chi connectivity index (χ4n) is 3.56. The molecule has 17 heavy (non-hydrogen) atoms. The van der Waals surface area contributed by atoms with Gasteiger partial charge in [-0.2, -0.15) is 0 Å². The average molecular weight is 236 g/mol. The molecule has 3 fully saturated rings. The third kappa shape index (κ3) is 3.01. The lowest BCUT2D eigenvalue weighted by Crippen LogP contribution is -2.35. The molecule has 3 aliphatic rings. The highest BCUT2D eigenvalue weighted by atomic mass is 16.1. The third-order valence-electron chi connectivity index (χ3n) is 4.67. The van der Waals surface area contributed by atoms with Crippen molar-refractivity contribution in [2.24, 2.45) is 11.8 Å². The molecule has 0 heterocycles. The van der Waals surface area contributed by atoms with E-state index >= 15 is 0 Å². The van der Waals surface area contributed by atoms with E-state index in [1.165, 1.54) is 38.5 Å². The standard InChI is InChI=1S/C14H24N2O/c17-14(16-12-5-6-12)2-1-7-15-13-9-10-3-4-11(13)8-10/h10-13,15H,1-9H2,(H,16,17). The van der Waals surface area contributed by atoms with E-state index in [0.717, 1.165) is 30.8 Å². The van der Waals surface area contributed by atoms with Crippen molar-refractivity contribution in [3.63, 3.8) is 0 Å². The van der Waals surface area contributed by atoms with Crippen LogP contribution < -0.4 is 10.6 Å². The van der Waals surface area contributed by atoms with E-state index in [-0.39, 0.29) is 5.91 Å². The van der Waals surface area contributed by atoms with Gasteiger partial charge >= 0.3 is 0 Å². The fourth-order valence-corrected chi connectivity index (χ4v) is 3.56. The van der Waals surface area contributed by atoms with Crippen LogP contribution in [0.3, 0.4) is 0 Å². The van der Waals surface area contributed by atoms with Gasteiger partial charge in [0.05, 0.1) is 0 Å². The molecular formula is C14H24N2O. The number of hydrogen-bond acceptors (Lipinski definition) is 2. The Balaban J connectivity index is 1.26. The molecule has 3 saturated carbocycles. The number of amides is 1. The normalized spacial score (nSPS) is 35.2. The Kier molecular flexibility index (Phi) is 3.37. The summed E-state index contributed by atoms with van der Waals surface area (Å²) in [5.41, 5.74) is 0. The first-order valence-corrected chi connectivity index (χ1v) is 7.34. The quantitative estimate of drug-likeness (QED) is 0.691. The summed E-state index contributed by atoms with van der Waals surface area (Å²) in [6.45, 7) is 1.02. The van der Waals surface area contributed by atoms with Crippen molar-refractivity contribution in [1.29, 1.82) is 0 Å². The van der Waals surface area contributed by atoms with Crippen molar-refractivity contribution < 1.29 is 4.79 Å². The van der Waals surface area contributed by atoms with E-state index in [0.29, 0.717) is 12.5 Å². The van der Waals surface area contributed by atoms with Gasteiger partial charge in [0, 0.05) is 18.5 Å². The van der Waals surface area contributed by atoms with Crippen molar-refractivity contribution in [1.82, 2.24) is 10.6 Å². The summed E-state index contributed by atoms with van der Waals surface area (Å²) in [7, 11) is 0. The largest absolute Gasteiger partial charge is 0.353 e. The summed E-state index contributed by atoms with van der Waals surface area (Å²) < 4.78 is 0. The zero-order valence-corrected chi connectivity index (χ0v) is 10.6. The van der Waals surface area contributed by atoms with Gasteiger partial charge in [0.2, 0.25) is 5.91 Å². The highest BCUT2D eigenvalue weighted by Crippen LogP contribution is 2.44. The second kappa shape index (κ2) is 4.97. The third-order valence-corrected chi connectivity index (χ3v) is 4.67. The molecule has 3 unspecified atom stereocenters. The highest BCUT2D eigenvalue weighted by molar-refractivity contribution is 5.76. The molecule has 96 valence electrons. The van der Waals surface area contributed by atoms with E-state index in [1.54, 1.807) is 0 Å². The Bertz CT molecular complexity index is 288. The van der Waals surface area contributed by atoms with Gasteiger partial charge in [-0.05, 0) is 56.9 Å². The van der Waals surface area contributed by atoms with Crippen molar-refractivity contribution in [2.45, 2.75) is 63.5 Å². The Morgan fingerprint density at radius 1 is 1.12 bits per heavy atom. The van der Waals surface area contributed by atoms with Crippen LogP contribution in [0, 0.1) is 11.8 Å². The first-order chi connectivity index (χ1) is 8.31. The minimum absolute atomic E-state index is 0.252. The van der Waals surface area contributed by atoms with Crippen LogP contribution in [-0.2, 0) is 4.79 Å². The van der Waals surface area contributed by atoms with Gasteiger partial charge in [-0.25, -0.2) is 0 Å². The van der Waals surface area contributed by atoms with Gasteiger partial charge < -0.3 is 10.6 Å². The molecule has 0 aliphatic heterocycles. The van der Waals surface area contributed by atoms with Crippen LogP contribution in [-0.4, -0.2) is 24.5 Å². The van der Waals surface area contributed by atoms with Crippen LogP contribution in [0.15, 0.2) is 0 Å². The summed E-state index contributed by atoms with van der Waals surface area (Å²) in [5.74, 6) is 2.21. The molecule has 0 spiro atoms. The molecule has 0 saturated heterocycles. The molecule has 3 nitrogen and oxygen atoms in total. The Morgan fingerprint density at radius 3 is 2.65 bits per heavy atom. The Labute approximate surface area is 104 Å². The van der Waals surface area contributed by atoms with Crippen LogP contribution in [0.1, 0.15) is 51.4 Å². The van der Waals surface area contributed by atoms with Crippen LogP contribution >= 0.6 is 0 Å². The number of nitrogens with one attached hydrogen (secondary N) is 2. The number of carbonyl (C=O) groups is 1. The highest BCUT2D eigenvalue weighted by Gasteiger charge is 2.38. The predicted molar refractivity (Wildman–Crippen MR) is 67.6 cm³/mol. The summed E-state index contributed by atoms with van der Waals surface area (Å²) in [5, 5.41) is 6.70. The number of carbonyl (C=O) groups excluding carboxylic acids is 1. The number of fused-ring (bicyclic) bond motifs is 2. The van der Waals surface area contributed by atoms with Gasteiger partial charge in [-0.1, -0.05) is 6.42 Å². The lowest BCUT2D eigenvalue weighted by atomic mass is 9.95. The van der Waals surface area contributed by atoms with Crippen LogP contribution in [0.2, 0.25) is 0 Å². The van der Waals surface area contributed by atoms with Gasteiger partial charge in [0.1, 0.15) is 0 Å². The van der Waals surface area contributed by atoms with Crippen molar-refractivity contribution in [3.8, 4) is 0 Å². The molecule has 2 bridgehead atoms. The predicted octanol–water partition coefficient (Wildman–Crippen LogP) is 1.82. The lowest BCUT2D eigenvalue weighted by Gasteiger charge is -2.22. The maximum atomic E-state index is 11.5. The first kappa shape index (κ1) is 11.5. The van der Waals surface area contributed by atoms with Crippen molar-refractivity contribution in [3.05, 3.63) is 0 Å². The molecular weight excluding hydrogens is 212 g/mol. The molecule has 3 rings (SSSR count). The monoisotopic (exact) mass is 236 g/mol. The van der Waals surface area contributed by atoms with E-state index in [4.69, 9.17) is 0 Å². The molecule has 0 radical (unpaired) electrons. The smallest absolute Gasteiger partial charge is 0.220 e.